The minimum absolute atomic E-state index is 0.288. The van der Waals surface area contributed by atoms with Gasteiger partial charge in [0.1, 0.15) is 0 Å². The Morgan fingerprint density at radius 1 is 1.19 bits per heavy atom. The molecule has 4 nitrogen and oxygen atoms in total. The van der Waals surface area contributed by atoms with Crippen LogP contribution in [0, 0.1) is 18.8 Å². The van der Waals surface area contributed by atoms with Crippen molar-refractivity contribution in [2.45, 2.75) is 5.92 Å². The summed E-state index contributed by atoms with van der Waals surface area (Å²) in [7, 11) is 1.40. The van der Waals surface area contributed by atoms with E-state index in [1.807, 2.05) is 59.5 Å². The van der Waals surface area contributed by atoms with Crippen molar-refractivity contribution in [3.8, 4) is 11.8 Å². The third-order valence-electron chi connectivity index (χ3n) is 4.05. The van der Waals surface area contributed by atoms with Gasteiger partial charge in [-0.05, 0) is 0 Å². The molecule has 0 aliphatic heterocycles. The third kappa shape index (κ3) is 6.44. The van der Waals surface area contributed by atoms with Crippen LogP contribution in [0.25, 0.3) is 0 Å². The summed E-state index contributed by atoms with van der Waals surface area (Å²) in [6, 6.07) is 17.2. The number of ether oxygens (including phenoxy) is 1. The van der Waals surface area contributed by atoms with Crippen molar-refractivity contribution in [1.29, 1.82) is 0 Å². The fraction of sp³-hybridized carbons (Fsp3) is 0.227. The van der Waals surface area contributed by atoms with E-state index < -0.39 is 22.8 Å². The number of carbonyl (C=O) groups excluding carboxylic acids is 1. The monoisotopic (exact) mass is 540 g/mol. The summed E-state index contributed by atoms with van der Waals surface area (Å²) in [5.74, 6) is 5.49. The Labute approximate surface area is 168 Å². The molecule has 0 saturated carbocycles. The molecule has 0 aromatic heterocycles. The summed E-state index contributed by atoms with van der Waals surface area (Å²) in [5.41, 5.74) is 2.64. The van der Waals surface area contributed by atoms with Gasteiger partial charge in [0.15, 0.2) is 0 Å². The van der Waals surface area contributed by atoms with E-state index in [0.29, 0.717) is 19.6 Å². The van der Waals surface area contributed by atoms with Crippen LogP contribution in [-0.4, -0.2) is 42.2 Å². The third-order valence-corrected chi connectivity index (χ3v) is 4.93. The molecular weight excluding hydrogens is 516 g/mol. The van der Waals surface area contributed by atoms with E-state index in [2.05, 4.69) is 18.8 Å². The van der Waals surface area contributed by atoms with Gasteiger partial charge in [0.25, 0.3) is 0 Å². The molecule has 0 spiro atoms. The second-order valence-electron chi connectivity index (χ2n) is 5.75. The maximum atomic E-state index is 12.3. The summed E-state index contributed by atoms with van der Waals surface area (Å²) in [4.78, 5) is 14.3. The second kappa shape index (κ2) is 11.4. The molecule has 0 saturated heterocycles. The molecule has 2 rings (SSSR count). The standard InChI is InChI=1S/C22H22NO2.O.Os/c1-4-23(5-2)17-9-10-18-13-15-20(16-14-18)21(22(24)25-3)19-11-7-6-8-12-19;;/h1,6-8,11-16,21H,2,4-5,17H2,3H3;;/q-1;;. The zero-order valence-electron chi connectivity index (χ0n) is 15.2. The van der Waals surface area contributed by atoms with Crippen LogP contribution >= 0.6 is 0 Å². The number of methoxy groups -OCH3 is 1. The van der Waals surface area contributed by atoms with E-state index in [4.69, 9.17) is 4.74 Å². The first-order chi connectivity index (χ1) is 13.2. The zero-order chi connectivity index (χ0) is 19.5. The van der Waals surface area contributed by atoms with Crippen molar-refractivity contribution in [3.63, 3.8) is 0 Å². The molecule has 5 heteroatoms. The number of rotatable bonds is 7. The SMILES string of the molecule is [CH2-]CN(CC#Cc1ccc(C(C(=O)OC)c2ccccc2)cc1)C[CH]=[Os]=[O]. The van der Waals surface area contributed by atoms with Crippen LogP contribution in [0.3, 0.4) is 0 Å². The number of nitrogens with zero attached hydrogens (tertiary/aromatic N) is 1. The molecule has 0 N–H and O–H groups in total. The minimum atomic E-state index is -1.29. The van der Waals surface area contributed by atoms with Crippen LogP contribution in [-0.2, 0) is 30.0 Å². The molecular formula is C22H22NO3Os-. The fourth-order valence-corrected chi connectivity index (χ4v) is 3.44. The molecule has 2 aromatic rings. The molecule has 0 radical (unpaired) electrons. The Bertz CT molecular complexity index is 847. The van der Waals surface area contributed by atoms with E-state index in [-0.39, 0.29) is 5.97 Å². The molecule has 0 aliphatic rings. The van der Waals surface area contributed by atoms with Crippen LogP contribution in [0.1, 0.15) is 22.6 Å². The summed E-state index contributed by atoms with van der Waals surface area (Å²) in [5, 5.41) is 0. The quantitative estimate of drug-likeness (QED) is 0.309. The van der Waals surface area contributed by atoms with Gasteiger partial charge in [-0.2, -0.15) is 0 Å². The molecule has 2 aromatic carbocycles. The molecule has 0 amide bonds. The Hall–Kier alpha value is -2.26. The van der Waals surface area contributed by atoms with Crippen LogP contribution in [0.15, 0.2) is 54.6 Å². The van der Waals surface area contributed by atoms with Gasteiger partial charge in [0.05, 0.1) is 7.11 Å². The van der Waals surface area contributed by atoms with Crippen molar-refractivity contribution in [3.05, 3.63) is 78.2 Å². The predicted octanol–water partition coefficient (Wildman–Crippen LogP) is 2.71. The van der Waals surface area contributed by atoms with E-state index in [0.717, 1.165) is 16.7 Å². The molecule has 27 heavy (non-hydrogen) atoms. The van der Waals surface area contributed by atoms with E-state index in [1.165, 1.54) is 7.11 Å². The number of hydrogen-bond donors (Lipinski definition) is 0. The Balaban J connectivity index is 2.14. The van der Waals surface area contributed by atoms with Gasteiger partial charge in [0.2, 0.25) is 0 Å². The molecule has 0 bridgehead atoms. The first-order valence-corrected chi connectivity index (χ1v) is 11.0. The number of carbonyl (C=O) groups is 1. The van der Waals surface area contributed by atoms with Gasteiger partial charge >= 0.3 is 121 Å². The summed E-state index contributed by atoms with van der Waals surface area (Å²) in [6.07, 6.45) is 0. The zero-order valence-corrected chi connectivity index (χ0v) is 17.7. The van der Waals surface area contributed by atoms with Crippen LogP contribution in [0.4, 0.5) is 0 Å². The van der Waals surface area contributed by atoms with Crippen molar-refractivity contribution >= 4 is 10.5 Å². The predicted molar refractivity (Wildman–Crippen MR) is 102 cm³/mol. The van der Waals surface area contributed by atoms with E-state index >= 15 is 0 Å². The topological polar surface area (TPSA) is 46.6 Å². The van der Waals surface area contributed by atoms with E-state index in [1.54, 1.807) is 4.57 Å². The van der Waals surface area contributed by atoms with Crippen molar-refractivity contribution in [1.82, 2.24) is 4.90 Å². The van der Waals surface area contributed by atoms with Crippen molar-refractivity contribution in [2.24, 2.45) is 0 Å². The van der Waals surface area contributed by atoms with Gasteiger partial charge in [0, 0.05) is 0 Å². The summed E-state index contributed by atoms with van der Waals surface area (Å²) >= 11 is -1.29. The first-order valence-electron chi connectivity index (χ1n) is 8.47. The molecule has 1 unspecified atom stereocenters. The van der Waals surface area contributed by atoms with Gasteiger partial charge in [-0.25, -0.2) is 0 Å². The first kappa shape index (κ1) is 21.0. The molecule has 142 valence electrons. The van der Waals surface area contributed by atoms with Crippen LogP contribution < -0.4 is 0 Å². The molecule has 1 atom stereocenters. The van der Waals surface area contributed by atoms with Crippen molar-refractivity contribution in [2.75, 3.05) is 26.7 Å². The number of hydrogen-bond acceptors (Lipinski definition) is 4. The van der Waals surface area contributed by atoms with Gasteiger partial charge in [-0.1, -0.05) is 30.3 Å². The maximum absolute atomic E-state index is 12.3. The second-order valence-corrected chi connectivity index (χ2v) is 7.39. The summed E-state index contributed by atoms with van der Waals surface area (Å²) in [6.45, 7) is 5.71. The molecule has 0 heterocycles. The Morgan fingerprint density at radius 3 is 2.44 bits per heavy atom. The van der Waals surface area contributed by atoms with Crippen LogP contribution in [0.5, 0.6) is 0 Å². The normalized spacial score (nSPS) is 11.4. The fourth-order valence-electron chi connectivity index (χ4n) is 2.59. The number of esters is 1. The Kier molecular flexibility index (Phi) is 8.92. The molecule has 0 aliphatic carbocycles. The average Bonchev–Trinajstić information content (AvgIpc) is 2.72. The number of benzene rings is 2. The average molecular weight is 539 g/mol. The summed E-state index contributed by atoms with van der Waals surface area (Å²) < 4.78 is 17.5. The van der Waals surface area contributed by atoms with Crippen LogP contribution in [0.2, 0.25) is 0 Å². The van der Waals surface area contributed by atoms with Crippen molar-refractivity contribution < 1.29 is 30.0 Å². The van der Waals surface area contributed by atoms with E-state index in [9.17, 15) is 8.33 Å². The Morgan fingerprint density at radius 2 is 1.85 bits per heavy atom. The van der Waals surface area contributed by atoms with Gasteiger partial charge in [-0.3, -0.25) is 4.79 Å². The van der Waals surface area contributed by atoms with Gasteiger partial charge < -0.3 is 4.74 Å². The van der Waals surface area contributed by atoms with Gasteiger partial charge in [-0.15, -0.1) is 0 Å². The molecule has 0 fully saturated rings.